The molecule has 7 heteroatoms. The molecule has 0 saturated carbocycles. The molecule has 3 N–H and O–H groups in total. The molecule has 0 saturated heterocycles. The van der Waals surface area contributed by atoms with E-state index in [0.717, 1.165) is 5.56 Å². The van der Waals surface area contributed by atoms with Crippen LogP contribution in [-0.4, -0.2) is 24.5 Å². The fourth-order valence-corrected chi connectivity index (χ4v) is 2.28. The van der Waals surface area contributed by atoms with E-state index in [1.165, 1.54) is 13.3 Å². The molecule has 0 unspecified atom stereocenters. The summed E-state index contributed by atoms with van der Waals surface area (Å²) in [6.45, 7) is 1.90. The fraction of sp³-hybridized carbons (Fsp3) is 0.125. The SMILES string of the molecule is COc1ccc(/C=N\NC(=O)Nc2ccccc2C)c(Br)c1O. The number of aryl methyl sites for hydroxylation is 1. The topological polar surface area (TPSA) is 83.0 Å². The van der Waals surface area contributed by atoms with Crippen molar-refractivity contribution in [1.82, 2.24) is 5.43 Å². The number of anilines is 1. The van der Waals surface area contributed by atoms with Crippen LogP contribution in [0, 0.1) is 6.92 Å². The molecule has 0 spiro atoms. The third-order valence-corrected chi connectivity index (χ3v) is 3.93. The van der Waals surface area contributed by atoms with Crippen LogP contribution < -0.4 is 15.5 Å². The zero-order valence-electron chi connectivity index (χ0n) is 12.6. The first kappa shape index (κ1) is 16.8. The Morgan fingerprint density at radius 1 is 1.30 bits per heavy atom. The maximum Gasteiger partial charge on any atom is 0.339 e. The molecule has 2 rings (SSSR count). The van der Waals surface area contributed by atoms with E-state index < -0.39 is 6.03 Å². The van der Waals surface area contributed by atoms with Crippen LogP contribution in [0.4, 0.5) is 10.5 Å². The molecule has 0 aliphatic carbocycles. The second kappa shape index (κ2) is 7.64. The zero-order valence-corrected chi connectivity index (χ0v) is 14.2. The van der Waals surface area contributed by atoms with Gasteiger partial charge in [-0.1, -0.05) is 18.2 Å². The standard InChI is InChI=1S/C16H16BrN3O3/c1-10-5-3-4-6-12(10)19-16(22)20-18-9-11-7-8-13(23-2)15(21)14(11)17/h3-9,21H,1-2H3,(H2,19,20,22)/b18-9-. The molecule has 0 radical (unpaired) electrons. The predicted molar refractivity (Wildman–Crippen MR) is 93.3 cm³/mol. The number of nitrogens with one attached hydrogen (secondary N) is 2. The lowest BCUT2D eigenvalue weighted by molar-refractivity contribution is 0.252. The molecule has 2 amide bonds. The summed E-state index contributed by atoms with van der Waals surface area (Å²) in [7, 11) is 1.46. The molecule has 0 heterocycles. The minimum Gasteiger partial charge on any atom is -0.503 e. The number of urea groups is 1. The largest absolute Gasteiger partial charge is 0.503 e. The summed E-state index contributed by atoms with van der Waals surface area (Å²) < 4.78 is 5.43. The van der Waals surface area contributed by atoms with Gasteiger partial charge in [0.25, 0.3) is 0 Å². The highest BCUT2D eigenvalue weighted by Gasteiger charge is 2.09. The first-order chi connectivity index (χ1) is 11.0. The Balaban J connectivity index is 2.01. The van der Waals surface area contributed by atoms with Gasteiger partial charge in [0.15, 0.2) is 11.5 Å². The van der Waals surface area contributed by atoms with Crippen molar-refractivity contribution in [2.45, 2.75) is 6.92 Å². The lowest BCUT2D eigenvalue weighted by Crippen LogP contribution is -2.24. The van der Waals surface area contributed by atoms with Gasteiger partial charge in [-0.25, -0.2) is 10.2 Å². The van der Waals surface area contributed by atoms with Crippen LogP contribution in [0.2, 0.25) is 0 Å². The van der Waals surface area contributed by atoms with Crippen molar-refractivity contribution in [1.29, 1.82) is 0 Å². The number of carbonyl (C=O) groups excluding carboxylic acids is 1. The normalized spacial score (nSPS) is 10.6. The number of rotatable bonds is 4. The quantitative estimate of drug-likeness (QED) is 0.561. The summed E-state index contributed by atoms with van der Waals surface area (Å²) in [5, 5.41) is 16.4. The number of phenols is 1. The van der Waals surface area contributed by atoms with E-state index in [4.69, 9.17) is 4.74 Å². The fourth-order valence-electron chi connectivity index (χ4n) is 1.85. The van der Waals surface area contributed by atoms with Crippen molar-refractivity contribution in [2.75, 3.05) is 12.4 Å². The van der Waals surface area contributed by atoms with E-state index >= 15 is 0 Å². The minimum atomic E-state index is -0.454. The second-order valence-electron chi connectivity index (χ2n) is 4.66. The van der Waals surface area contributed by atoms with Gasteiger partial charge in [0.1, 0.15) is 0 Å². The molecule has 0 aliphatic heterocycles. The van der Waals surface area contributed by atoms with Crippen LogP contribution >= 0.6 is 15.9 Å². The van der Waals surface area contributed by atoms with Crippen molar-refractivity contribution in [3.63, 3.8) is 0 Å². The summed E-state index contributed by atoms with van der Waals surface area (Å²) in [6, 6.07) is 10.3. The molecule has 120 valence electrons. The Morgan fingerprint density at radius 3 is 2.74 bits per heavy atom. The van der Waals surface area contributed by atoms with E-state index in [1.807, 2.05) is 25.1 Å². The summed E-state index contributed by atoms with van der Waals surface area (Å²) in [6.07, 6.45) is 1.42. The van der Waals surface area contributed by atoms with Gasteiger partial charge in [0.2, 0.25) is 0 Å². The van der Waals surface area contributed by atoms with Gasteiger partial charge >= 0.3 is 6.03 Å². The second-order valence-corrected chi connectivity index (χ2v) is 5.45. The zero-order chi connectivity index (χ0) is 16.8. The maximum atomic E-state index is 11.8. The Kier molecular flexibility index (Phi) is 5.59. The highest BCUT2D eigenvalue weighted by atomic mass is 79.9. The number of hydrogen-bond acceptors (Lipinski definition) is 4. The highest BCUT2D eigenvalue weighted by molar-refractivity contribution is 9.10. The van der Waals surface area contributed by atoms with E-state index in [-0.39, 0.29) is 5.75 Å². The van der Waals surface area contributed by atoms with E-state index in [0.29, 0.717) is 21.5 Å². The number of methoxy groups -OCH3 is 1. The molecular formula is C16H16BrN3O3. The number of amides is 2. The lowest BCUT2D eigenvalue weighted by atomic mass is 10.2. The predicted octanol–water partition coefficient (Wildman–Crippen LogP) is 3.63. The van der Waals surface area contributed by atoms with E-state index in [2.05, 4.69) is 31.8 Å². The molecule has 2 aromatic rings. The van der Waals surface area contributed by atoms with Gasteiger partial charge < -0.3 is 15.2 Å². The van der Waals surface area contributed by atoms with E-state index in [9.17, 15) is 9.90 Å². The Labute approximate surface area is 142 Å². The number of carbonyl (C=O) groups is 1. The summed E-state index contributed by atoms with van der Waals surface area (Å²) in [5.74, 6) is 0.320. The molecule has 0 fully saturated rings. The molecule has 23 heavy (non-hydrogen) atoms. The van der Waals surface area contributed by atoms with Crippen LogP contribution in [0.25, 0.3) is 0 Å². The molecule has 6 nitrogen and oxygen atoms in total. The lowest BCUT2D eigenvalue weighted by Gasteiger charge is -2.08. The average molecular weight is 378 g/mol. The third-order valence-electron chi connectivity index (χ3n) is 3.09. The van der Waals surface area contributed by atoms with Crippen molar-refractivity contribution >= 4 is 33.9 Å². The van der Waals surface area contributed by atoms with Crippen LogP contribution in [0.5, 0.6) is 11.5 Å². The number of ether oxygens (including phenoxy) is 1. The van der Waals surface area contributed by atoms with Gasteiger partial charge in [0.05, 0.1) is 17.8 Å². The molecule has 0 bridgehead atoms. The summed E-state index contributed by atoms with van der Waals surface area (Å²) >= 11 is 3.25. The number of benzene rings is 2. The van der Waals surface area contributed by atoms with Gasteiger partial charge in [-0.3, -0.25) is 0 Å². The van der Waals surface area contributed by atoms with Crippen molar-refractivity contribution in [2.24, 2.45) is 5.10 Å². The van der Waals surface area contributed by atoms with Crippen LogP contribution in [0.1, 0.15) is 11.1 Å². The maximum absolute atomic E-state index is 11.8. The van der Waals surface area contributed by atoms with Gasteiger partial charge in [-0.2, -0.15) is 5.10 Å². The molecular weight excluding hydrogens is 362 g/mol. The van der Waals surface area contributed by atoms with Crippen LogP contribution in [0.15, 0.2) is 46.0 Å². The summed E-state index contributed by atoms with van der Waals surface area (Å²) in [5.41, 5.74) is 4.63. The third kappa shape index (κ3) is 4.23. The smallest absolute Gasteiger partial charge is 0.339 e. The monoisotopic (exact) mass is 377 g/mol. The number of phenolic OH excluding ortho intramolecular Hbond substituents is 1. The van der Waals surface area contributed by atoms with Crippen molar-refractivity contribution < 1.29 is 14.6 Å². The van der Waals surface area contributed by atoms with Crippen LogP contribution in [-0.2, 0) is 0 Å². The number of hydrazone groups is 1. The Hall–Kier alpha value is -2.54. The first-order valence-corrected chi connectivity index (χ1v) is 7.53. The Morgan fingerprint density at radius 2 is 2.04 bits per heavy atom. The molecule has 2 aromatic carbocycles. The number of aromatic hydroxyl groups is 1. The van der Waals surface area contributed by atoms with Gasteiger partial charge in [0, 0.05) is 11.3 Å². The van der Waals surface area contributed by atoms with Crippen molar-refractivity contribution in [3.8, 4) is 11.5 Å². The highest BCUT2D eigenvalue weighted by Crippen LogP contribution is 2.35. The average Bonchev–Trinajstić information content (AvgIpc) is 2.54. The number of nitrogens with zero attached hydrogens (tertiary/aromatic N) is 1. The minimum absolute atomic E-state index is 0.0270. The van der Waals surface area contributed by atoms with Gasteiger partial charge in [-0.05, 0) is 46.6 Å². The molecule has 0 aromatic heterocycles. The summed E-state index contributed by atoms with van der Waals surface area (Å²) in [4.78, 5) is 11.8. The number of halogens is 1. The number of para-hydroxylation sites is 1. The number of hydrogen-bond donors (Lipinski definition) is 3. The molecule has 0 atom stereocenters. The van der Waals surface area contributed by atoms with Gasteiger partial charge in [-0.15, -0.1) is 0 Å². The Bertz CT molecular complexity index is 747. The van der Waals surface area contributed by atoms with E-state index in [1.54, 1.807) is 18.2 Å². The van der Waals surface area contributed by atoms with Crippen molar-refractivity contribution in [3.05, 3.63) is 52.0 Å². The first-order valence-electron chi connectivity index (χ1n) is 6.74. The molecule has 0 aliphatic rings. The van der Waals surface area contributed by atoms with Crippen LogP contribution in [0.3, 0.4) is 0 Å².